The fraction of sp³-hybridized carbons (Fsp3) is 0.524. The van der Waals surface area contributed by atoms with Gasteiger partial charge < -0.3 is 10.2 Å². The predicted octanol–water partition coefficient (Wildman–Crippen LogP) is 3.56. The number of likely N-dealkylation sites (tertiary alicyclic amines) is 1. The lowest BCUT2D eigenvalue weighted by atomic mass is 9.95. The van der Waals surface area contributed by atoms with Crippen LogP contribution >= 0.6 is 11.3 Å². The maximum Gasteiger partial charge on any atom is 0.231 e. The van der Waals surface area contributed by atoms with Crippen LogP contribution in [0.4, 0.5) is 5.13 Å². The van der Waals surface area contributed by atoms with Crippen LogP contribution in [0.2, 0.25) is 0 Å². The number of nitrogens with zero attached hydrogens (tertiary/aromatic N) is 3. The summed E-state index contributed by atoms with van der Waals surface area (Å²) in [5, 5.41) is 12.7. The first-order valence-corrected chi connectivity index (χ1v) is 10.9. The summed E-state index contributed by atoms with van der Waals surface area (Å²) in [7, 11) is 0. The zero-order valence-corrected chi connectivity index (χ0v) is 17.0. The molecule has 1 aromatic heterocycles. The third-order valence-electron chi connectivity index (χ3n) is 5.72. The van der Waals surface area contributed by atoms with Crippen molar-refractivity contribution in [2.75, 3.05) is 11.9 Å². The number of carbonyl (C=O) groups is 2. The van der Waals surface area contributed by atoms with Crippen LogP contribution < -0.4 is 5.32 Å². The van der Waals surface area contributed by atoms with Crippen molar-refractivity contribution in [3.8, 4) is 0 Å². The number of anilines is 1. The summed E-state index contributed by atoms with van der Waals surface area (Å²) in [6.45, 7) is 2.60. The summed E-state index contributed by atoms with van der Waals surface area (Å²) in [5.41, 5.74) is 2.40. The average Bonchev–Trinajstić information content (AvgIpc) is 3.34. The number of amides is 2. The molecule has 4 rings (SSSR count). The molecular formula is C21H26N4O2S. The van der Waals surface area contributed by atoms with Gasteiger partial charge in [0.15, 0.2) is 0 Å². The van der Waals surface area contributed by atoms with Crippen LogP contribution in [0.3, 0.4) is 0 Å². The van der Waals surface area contributed by atoms with E-state index in [9.17, 15) is 9.59 Å². The van der Waals surface area contributed by atoms with Crippen molar-refractivity contribution < 1.29 is 9.59 Å². The van der Waals surface area contributed by atoms with Crippen molar-refractivity contribution in [1.82, 2.24) is 15.1 Å². The number of aromatic nitrogens is 2. The molecule has 148 valence electrons. The molecule has 1 saturated heterocycles. The van der Waals surface area contributed by atoms with E-state index in [0.717, 1.165) is 17.8 Å². The molecule has 6 nitrogen and oxygen atoms in total. The third-order valence-corrected chi connectivity index (χ3v) is 6.55. The average molecular weight is 399 g/mol. The molecule has 2 heterocycles. The van der Waals surface area contributed by atoms with Crippen LogP contribution in [0.15, 0.2) is 24.3 Å². The molecule has 0 radical (unpaired) electrons. The molecule has 1 aliphatic carbocycles. The molecule has 2 fully saturated rings. The highest BCUT2D eigenvalue weighted by Gasteiger charge is 2.35. The number of piperidine rings is 1. The van der Waals surface area contributed by atoms with Gasteiger partial charge in [0.05, 0.1) is 5.92 Å². The second-order valence-electron chi connectivity index (χ2n) is 7.88. The highest BCUT2D eigenvalue weighted by atomic mass is 32.1. The van der Waals surface area contributed by atoms with Gasteiger partial charge in [0.1, 0.15) is 5.01 Å². The fourth-order valence-corrected chi connectivity index (χ4v) is 5.01. The molecule has 2 amide bonds. The van der Waals surface area contributed by atoms with Gasteiger partial charge in [0, 0.05) is 25.4 Å². The molecule has 1 unspecified atom stereocenters. The van der Waals surface area contributed by atoms with Crippen molar-refractivity contribution >= 4 is 28.3 Å². The molecule has 1 aromatic carbocycles. The van der Waals surface area contributed by atoms with E-state index in [-0.39, 0.29) is 17.7 Å². The number of benzene rings is 1. The maximum atomic E-state index is 12.7. The number of carbonyl (C=O) groups excluding carboxylic acids is 2. The summed E-state index contributed by atoms with van der Waals surface area (Å²) in [6.07, 6.45) is 6.28. The minimum atomic E-state index is -0.164. The lowest BCUT2D eigenvalue weighted by molar-refractivity contribution is -0.139. The van der Waals surface area contributed by atoms with Crippen molar-refractivity contribution in [2.45, 2.75) is 57.9 Å². The van der Waals surface area contributed by atoms with Gasteiger partial charge in [-0.25, -0.2) is 0 Å². The topological polar surface area (TPSA) is 75.2 Å². The molecule has 1 N–H and O–H groups in total. The van der Waals surface area contributed by atoms with Gasteiger partial charge in [-0.3, -0.25) is 9.59 Å². The number of rotatable bonds is 5. The standard InChI is InChI=1S/C21H26N4O2S/c1-14-5-4-6-15(11-14)12-18-23-24-21(28-18)22-20(27)16-9-10-19(26)25(13-16)17-7-2-3-8-17/h4-6,11,16-17H,2-3,7-10,12-13H2,1H3,(H,22,24,27). The van der Waals surface area contributed by atoms with Crippen LogP contribution in [-0.4, -0.2) is 39.5 Å². The van der Waals surface area contributed by atoms with Gasteiger partial charge in [-0.2, -0.15) is 0 Å². The summed E-state index contributed by atoms with van der Waals surface area (Å²) in [6, 6.07) is 8.64. The molecular weight excluding hydrogens is 372 g/mol. The summed E-state index contributed by atoms with van der Waals surface area (Å²) >= 11 is 1.42. The van der Waals surface area contributed by atoms with Gasteiger partial charge in [-0.15, -0.1) is 10.2 Å². The number of hydrogen-bond acceptors (Lipinski definition) is 5. The highest BCUT2D eigenvalue weighted by molar-refractivity contribution is 7.15. The summed E-state index contributed by atoms with van der Waals surface area (Å²) in [5.74, 6) is -0.0107. The highest BCUT2D eigenvalue weighted by Crippen LogP contribution is 2.29. The van der Waals surface area contributed by atoms with Crippen LogP contribution in [0.1, 0.15) is 54.7 Å². The SMILES string of the molecule is Cc1cccc(Cc2nnc(NC(=O)C3CCC(=O)N(C4CCCC4)C3)s2)c1. The maximum absolute atomic E-state index is 12.7. The smallest absolute Gasteiger partial charge is 0.231 e. The van der Waals surface area contributed by atoms with E-state index in [1.54, 1.807) is 0 Å². The van der Waals surface area contributed by atoms with E-state index in [1.165, 1.54) is 35.3 Å². The molecule has 28 heavy (non-hydrogen) atoms. The molecule has 2 aliphatic rings. The zero-order valence-electron chi connectivity index (χ0n) is 16.2. The van der Waals surface area contributed by atoms with Crippen LogP contribution in [-0.2, 0) is 16.0 Å². The van der Waals surface area contributed by atoms with E-state index in [4.69, 9.17) is 0 Å². The zero-order chi connectivity index (χ0) is 19.5. The molecule has 1 atom stereocenters. The summed E-state index contributed by atoms with van der Waals surface area (Å²) < 4.78 is 0. The summed E-state index contributed by atoms with van der Waals surface area (Å²) in [4.78, 5) is 27.0. The number of hydrogen-bond donors (Lipinski definition) is 1. The Labute approximate surface area is 169 Å². The fourth-order valence-electron chi connectivity index (χ4n) is 4.23. The Bertz CT molecular complexity index is 860. The van der Waals surface area contributed by atoms with E-state index >= 15 is 0 Å². The van der Waals surface area contributed by atoms with Gasteiger partial charge >= 0.3 is 0 Å². The largest absolute Gasteiger partial charge is 0.339 e. The molecule has 7 heteroatoms. The molecule has 1 saturated carbocycles. The predicted molar refractivity (Wildman–Crippen MR) is 109 cm³/mol. The Morgan fingerprint density at radius 2 is 2.07 bits per heavy atom. The van der Waals surface area contributed by atoms with Crippen molar-refractivity contribution in [3.63, 3.8) is 0 Å². The normalized spacial score (nSPS) is 20.5. The van der Waals surface area contributed by atoms with Crippen LogP contribution in [0.5, 0.6) is 0 Å². The Hall–Kier alpha value is -2.28. The van der Waals surface area contributed by atoms with Gasteiger partial charge in [-0.05, 0) is 31.7 Å². The molecule has 0 bridgehead atoms. The van der Waals surface area contributed by atoms with Crippen molar-refractivity contribution in [3.05, 3.63) is 40.4 Å². The van der Waals surface area contributed by atoms with Crippen molar-refractivity contribution in [1.29, 1.82) is 0 Å². The van der Waals surface area contributed by atoms with Gasteiger partial charge in [-0.1, -0.05) is 54.0 Å². The third kappa shape index (κ3) is 4.41. The Balaban J connectivity index is 1.35. The minimum Gasteiger partial charge on any atom is -0.339 e. The lowest BCUT2D eigenvalue weighted by Crippen LogP contribution is -2.48. The Morgan fingerprint density at radius 3 is 2.86 bits per heavy atom. The molecule has 0 spiro atoms. The first kappa shape index (κ1) is 19.1. The molecule has 2 aromatic rings. The van der Waals surface area contributed by atoms with E-state index in [0.29, 0.717) is 37.0 Å². The number of aryl methyl sites for hydroxylation is 1. The Kier molecular flexibility index (Phi) is 5.71. The first-order chi connectivity index (χ1) is 13.6. The van der Waals surface area contributed by atoms with Crippen LogP contribution in [0.25, 0.3) is 0 Å². The second kappa shape index (κ2) is 8.39. The van der Waals surface area contributed by atoms with E-state index < -0.39 is 0 Å². The quantitative estimate of drug-likeness (QED) is 0.836. The van der Waals surface area contributed by atoms with Gasteiger partial charge in [0.2, 0.25) is 16.9 Å². The van der Waals surface area contributed by atoms with E-state index in [2.05, 4.69) is 40.6 Å². The van der Waals surface area contributed by atoms with Crippen molar-refractivity contribution in [2.24, 2.45) is 5.92 Å². The first-order valence-electron chi connectivity index (χ1n) is 10.1. The van der Waals surface area contributed by atoms with E-state index in [1.807, 2.05) is 11.0 Å². The number of nitrogens with one attached hydrogen (secondary N) is 1. The van der Waals surface area contributed by atoms with Crippen LogP contribution in [0, 0.1) is 12.8 Å². The monoisotopic (exact) mass is 398 g/mol. The second-order valence-corrected chi connectivity index (χ2v) is 8.94. The van der Waals surface area contributed by atoms with Gasteiger partial charge in [0.25, 0.3) is 0 Å². The Morgan fingerprint density at radius 1 is 1.25 bits per heavy atom. The molecule has 1 aliphatic heterocycles. The minimum absolute atomic E-state index is 0.0475. The lowest BCUT2D eigenvalue weighted by Gasteiger charge is -2.36.